The minimum Gasteiger partial charge on any atom is -0.490 e. The summed E-state index contributed by atoms with van der Waals surface area (Å²) in [6, 6.07) is 4.37. The number of ether oxygens (including phenoxy) is 2. The highest BCUT2D eigenvalue weighted by Crippen LogP contribution is 2.30. The summed E-state index contributed by atoms with van der Waals surface area (Å²) in [5.74, 6) is 0.280. The number of hydrogen-bond acceptors (Lipinski definition) is 3. The van der Waals surface area contributed by atoms with Crippen molar-refractivity contribution in [1.82, 2.24) is 10.6 Å². The highest BCUT2D eigenvalue weighted by Gasteiger charge is 2.26. The summed E-state index contributed by atoms with van der Waals surface area (Å²) >= 11 is 0. The third-order valence-electron chi connectivity index (χ3n) is 2.99. The zero-order chi connectivity index (χ0) is 19.6. The van der Waals surface area contributed by atoms with Crippen LogP contribution in [0.5, 0.6) is 11.5 Å². The second-order valence-electron chi connectivity index (χ2n) is 5.08. The van der Waals surface area contributed by atoms with Gasteiger partial charge in [0.2, 0.25) is 0 Å². The van der Waals surface area contributed by atoms with Gasteiger partial charge in [0.05, 0.1) is 19.6 Å². The largest absolute Gasteiger partial charge is 0.490 e. The van der Waals surface area contributed by atoms with Gasteiger partial charge >= 0.3 is 12.8 Å². The fourth-order valence-electron chi connectivity index (χ4n) is 1.95. The van der Waals surface area contributed by atoms with Crippen molar-refractivity contribution in [2.24, 2.45) is 4.99 Å². The Kier molecular flexibility index (Phi) is 8.94. The molecule has 5 nitrogen and oxygen atoms in total. The fraction of sp³-hybridized carbons (Fsp3) is 0.562. The van der Waals surface area contributed by atoms with Crippen LogP contribution >= 0.6 is 0 Å². The van der Waals surface area contributed by atoms with Gasteiger partial charge in [-0.2, -0.15) is 22.0 Å². The number of benzene rings is 1. The molecule has 0 aromatic heterocycles. The Bertz CT molecular complexity index is 579. The van der Waals surface area contributed by atoms with Crippen LogP contribution in [0.2, 0.25) is 0 Å². The first-order valence-corrected chi connectivity index (χ1v) is 8.04. The van der Waals surface area contributed by atoms with Crippen LogP contribution in [0.25, 0.3) is 0 Å². The van der Waals surface area contributed by atoms with E-state index < -0.39 is 19.2 Å². The van der Waals surface area contributed by atoms with Crippen LogP contribution in [-0.4, -0.2) is 38.4 Å². The summed E-state index contributed by atoms with van der Waals surface area (Å²) in [6.07, 6.45) is -5.23. The van der Waals surface area contributed by atoms with Crippen molar-refractivity contribution in [3.05, 3.63) is 23.8 Å². The molecule has 0 atom stereocenters. The van der Waals surface area contributed by atoms with E-state index in [-0.39, 0.29) is 37.2 Å². The number of nitrogens with zero attached hydrogens (tertiary/aromatic N) is 1. The molecular weight excluding hydrogens is 361 g/mol. The van der Waals surface area contributed by atoms with Crippen molar-refractivity contribution in [1.29, 1.82) is 0 Å². The molecule has 0 aliphatic carbocycles. The van der Waals surface area contributed by atoms with Gasteiger partial charge in [0.15, 0.2) is 17.5 Å². The van der Waals surface area contributed by atoms with Crippen molar-refractivity contribution < 1.29 is 31.4 Å². The molecule has 1 rings (SSSR count). The maximum absolute atomic E-state index is 12.4. The number of alkyl halides is 5. The summed E-state index contributed by atoms with van der Waals surface area (Å²) in [7, 11) is 0. The summed E-state index contributed by atoms with van der Waals surface area (Å²) in [4.78, 5) is 4.18. The minimum absolute atomic E-state index is 0.0928. The third kappa shape index (κ3) is 8.72. The zero-order valence-electron chi connectivity index (χ0n) is 14.5. The molecule has 26 heavy (non-hydrogen) atoms. The van der Waals surface area contributed by atoms with E-state index in [4.69, 9.17) is 4.74 Å². The number of aliphatic imine (C=N–C) groups is 1. The molecular formula is C16H22F5N3O2. The molecule has 2 N–H and O–H groups in total. The fourth-order valence-corrected chi connectivity index (χ4v) is 1.95. The second-order valence-corrected chi connectivity index (χ2v) is 5.08. The van der Waals surface area contributed by atoms with Crippen LogP contribution in [0.4, 0.5) is 22.0 Å². The maximum atomic E-state index is 12.4. The lowest BCUT2D eigenvalue weighted by Crippen LogP contribution is -2.38. The van der Waals surface area contributed by atoms with Gasteiger partial charge in [-0.25, -0.2) is 4.99 Å². The first-order valence-electron chi connectivity index (χ1n) is 8.04. The lowest BCUT2D eigenvalue weighted by atomic mass is 10.2. The highest BCUT2D eigenvalue weighted by atomic mass is 19.4. The summed E-state index contributed by atoms with van der Waals surface area (Å²) < 4.78 is 71.0. The number of hydrogen-bond donors (Lipinski definition) is 2. The van der Waals surface area contributed by atoms with Gasteiger partial charge in [-0.05, 0) is 31.5 Å². The van der Waals surface area contributed by atoms with Crippen LogP contribution in [0.1, 0.15) is 25.8 Å². The van der Waals surface area contributed by atoms with E-state index in [1.54, 1.807) is 13.8 Å². The molecule has 0 aliphatic rings. The predicted molar refractivity (Wildman–Crippen MR) is 87.7 cm³/mol. The Morgan fingerprint density at radius 3 is 2.46 bits per heavy atom. The molecule has 0 bridgehead atoms. The number of halogens is 5. The molecule has 0 radical (unpaired) electrons. The molecule has 0 fully saturated rings. The van der Waals surface area contributed by atoms with Gasteiger partial charge in [-0.15, -0.1) is 0 Å². The predicted octanol–water partition coefficient (Wildman–Crippen LogP) is 3.69. The number of guanidine groups is 1. The van der Waals surface area contributed by atoms with Gasteiger partial charge in [-0.3, -0.25) is 0 Å². The van der Waals surface area contributed by atoms with Crippen molar-refractivity contribution in [2.45, 2.75) is 39.6 Å². The van der Waals surface area contributed by atoms with Crippen LogP contribution in [0, 0.1) is 0 Å². The normalized spacial score (nSPS) is 12.2. The third-order valence-corrected chi connectivity index (χ3v) is 2.99. The van der Waals surface area contributed by atoms with Gasteiger partial charge in [-0.1, -0.05) is 6.07 Å². The maximum Gasteiger partial charge on any atom is 0.390 e. The minimum atomic E-state index is -4.25. The Labute approximate surface area is 148 Å². The summed E-state index contributed by atoms with van der Waals surface area (Å²) in [5.41, 5.74) is 0.628. The van der Waals surface area contributed by atoms with Crippen LogP contribution in [0.15, 0.2) is 23.2 Å². The van der Waals surface area contributed by atoms with Crippen molar-refractivity contribution in [2.75, 3.05) is 19.7 Å². The molecule has 148 valence electrons. The molecule has 0 saturated heterocycles. The Morgan fingerprint density at radius 1 is 1.15 bits per heavy atom. The molecule has 0 saturated carbocycles. The summed E-state index contributed by atoms with van der Waals surface area (Å²) in [5, 5.41) is 5.42. The molecule has 0 amide bonds. The smallest absolute Gasteiger partial charge is 0.390 e. The van der Waals surface area contributed by atoms with E-state index in [0.717, 1.165) is 0 Å². The second kappa shape index (κ2) is 10.7. The lowest BCUT2D eigenvalue weighted by Gasteiger charge is -2.14. The Hall–Kier alpha value is -2.26. The topological polar surface area (TPSA) is 54.9 Å². The zero-order valence-corrected chi connectivity index (χ0v) is 14.5. The van der Waals surface area contributed by atoms with Crippen molar-refractivity contribution in [3.63, 3.8) is 0 Å². The quantitative estimate of drug-likeness (QED) is 0.388. The van der Waals surface area contributed by atoms with Crippen LogP contribution < -0.4 is 20.1 Å². The number of rotatable bonds is 9. The van der Waals surface area contributed by atoms with Crippen LogP contribution in [0.3, 0.4) is 0 Å². The van der Waals surface area contributed by atoms with Crippen LogP contribution in [-0.2, 0) is 6.54 Å². The molecule has 0 unspecified atom stereocenters. The first kappa shape index (κ1) is 21.8. The Morgan fingerprint density at radius 2 is 1.88 bits per heavy atom. The summed E-state index contributed by atoms with van der Waals surface area (Å²) in [6.45, 7) is 1.06. The van der Waals surface area contributed by atoms with E-state index >= 15 is 0 Å². The monoisotopic (exact) mass is 383 g/mol. The molecule has 10 heteroatoms. The van der Waals surface area contributed by atoms with Gasteiger partial charge in [0.25, 0.3) is 0 Å². The van der Waals surface area contributed by atoms with E-state index in [0.29, 0.717) is 12.1 Å². The molecule has 0 aliphatic heterocycles. The van der Waals surface area contributed by atoms with Gasteiger partial charge in [0.1, 0.15) is 0 Å². The van der Waals surface area contributed by atoms with E-state index in [9.17, 15) is 22.0 Å². The van der Waals surface area contributed by atoms with Gasteiger partial charge in [0, 0.05) is 13.1 Å². The van der Waals surface area contributed by atoms with Gasteiger partial charge < -0.3 is 20.1 Å². The standard InChI is InChI=1S/C16H22F5N3O2/c1-3-22-15(23-8-7-16(19,20)21)24-10-11-5-6-12(26-14(17)18)13(9-11)25-4-2/h5-6,9,14H,3-4,7-8,10H2,1-2H3,(H2,22,23,24). The average molecular weight is 383 g/mol. The van der Waals surface area contributed by atoms with E-state index in [1.165, 1.54) is 18.2 Å². The number of nitrogens with one attached hydrogen (secondary N) is 2. The Balaban J connectivity index is 2.79. The molecule has 1 aromatic carbocycles. The highest BCUT2D eigenvalue weighted by molar-refractivity contribution is 5.79. The molecule has 0 spiro atoms. The molecule has 0 heterocycles. The SMILES string of the molecule is CCNC(=NCc1ccc(OC(F)F)c(OCC)c1)NCCC(F)(F)F. The van der Waals surface area contributed by atoms with Crippen molar-refractivity contribution in [3.8, 4) is 11.5 Å². The van der Waals surface area contributed by atoms with E-state index in [2.05, 4.69) is 20.4 Å². The van der Waals surface area contributed by atoms with Crippen molar-refractivity contribution >= 4 is 5.96 Å². The lowest BCUT2D eigenvalue weighted by molar-refractivity contribution is -0.132. The average Bonchev–Trinajstić information content (AvgIpc) is 2.53. The first-order chi connectivity index (χ1) is 12.2. The van der Waals surface area contributed by atoms with E-state index in [1.807, 2.05) is 0 Å². The molecule has 1 aromatic rings.